The zero-order chi connectivity index (χ0) is 17.1. The molecule has 1 aliphatic heterocycles. The van der Waals surface area contributed by atoms with Crippen molar-refractivity contribution >= 4 is 29.1 Å². The van der Waals surface area contributed by atoms with E-state index in [1.807, 2.05) is 31.2 Å². The van der Waals surface area contributed by atoms with Crippen molar-refractivity contribution in [2.45, 2.75) is 6.92 Å². The van der Waals surface area contributed by atoms with Crippen LogP contribution >= 0.6 is 11.6 Å². The second-order valence-electron chi connectivity index (χ2n) is 5.96. The summed E-state index contributed by atoms with van der Waals surface area (Å²) in [4.78, 5) is 13.8. The Morgan fingerprint density at radius 3 is 2.54 bits per heavy atom. The van der Waals surface area contributed by atoms with Crippen molar-refractivity contribution < 1.29 is 4.74 Å². The summed E-state index contributed by atoms with van der Waals surface area (Å²) >= 11 is 6.18. The van der Waals surface area contributed by atoms with Crippen molar-refractivity contribution in [2.24, 2.45) is 0 Å². The molecular weight excluding hydrogens is 326 g/mol. The van der Waals surface area contributed by atoms with Crippen LogP contribution in [0.1, 0.15) is 5.69 Å². The number of nitrogens with zero attached hydrogens (tertiary/aromatic N) is 4. The van der Waals surface area contributed by atoms with E-state index in [1.54, 1.807) is 7.11 Å². The van der Waals surface area contributed by atoms with Gasteiger partial charge in [0.1, 0.15) is 11.6 Å². The van der Waals surface area contributed by atoms with Gasteiger partial charge in [0, 0.05) is 43.6 Å². The molecule has 0 radical (unpaired) electrons. The summed E-state index contributed by atoms with van der Waals surface area (Å²) in [5.41, 5.74) is 1.80. The van der Waals surface area contributed by atoms with Crippen LogP contribution in [-0.2, 0) is 0 Å². The first-order valence-corrected chi connectivity index (χ1v) is 8.32. The van der Waals surface area contributed by atoms with Crippen LogP contribution in [0.15, 0.2) is 24.3 Å². The topological polar surface area (TPSA) is 53.5 Å². The third-order valence-corrected chi connectivity index (χ3v) is 4.35. The number of aryl methyl sites for hydroxylation is 1. The van der Waals surface area contributed by atoms with Gasteiger partial charge in [-0.1, -0.05) is 11.6 Å². The fourth-order valence-electron chi connectivity index (χ4n) is 2.66. The molecule has 6 nitrogen and oxygen atoms in total. The number of piperazine rings is 1. The highest BCUT2D eigenvalue weighted by molar-refractivity contribution is 6.32. The molecular formula is C17H22ClN5O. The summed E-state index contributed by atoms with van der Waals surface area (Å²) in [6.45, 7) is 5.90. The minimum Gasteiger partial charge on any atom is -0.495 e. The molecule has 7 heteroatoms. The summed E-state index contributed by atoms with van der Waals surface area (Å²) in [6.07, 6.45) is 0. The van der Waals surface area contributed by atoms with E-state index < -0.39 is 0 Å². The summed E-state index contributed by atoms with van der Waals surface area (Å²) < 4.78 is 5.18. The number of hydrogen-bond acceptors (Lipinski definition) is 6. The van der Waals surface area contributed by atoms with Crippen LogP contribution in [0.25, 0.3) is 0 Å². The first kappa shape index (κ1) is 16.8. The predicted octanol–water partition coefficient (Wildman–Crippen LogP) is 2.94. The van der Waals surface area contributed by atoms with Gasteiger partial charge in [0.25, 0.3) is 0 Å². The molecule has 0 unspecified atom stereocenters. The minimum absolute atomic E-state index is 0.563. The Balaban J connectivity index is 1.80. The van der Waals surface area contributed by atoms with Crippen LogP contribution in [-0.4, -0.2) is 55.2 Å². The van der Waals surface area contributed by atoms with Gasteiger partial charge in [-0.25, -0.2) is 4.98 Å². The van der Waals surface area contributed by atoms with Crippen LogP contribution in [0.2, 0.25) is 5.02 Å². The molecule has 0 saturated carbocycles. The second kappa shape index (κ2) is 7.23. The molecule has 0 aliphatic carbocycles. The number of likely N-dealkylation sites (N-methyl/N-ethyl adjacent to an activating group) is 1. The molecule has 128 valence electrons. The lowest BCUT2D eigenvalue weighted by atomic mass is 10.3. The van der Waals surface area contributed by atoms with E-state index in [0.29, 0.717) is 10.8 Å². The smallest absolute Gasteiger partial charge is 0.227 e. The van der Waals surface area contributed by atoms with Crippen molar-refractivity contribution in [1.82, 2.24) is 14.9 Å². The lowest BCUT2D eigenvalue weighted by molar-refractivity contribution is 0.311. The van der Waals surface area contributed by atoms with Gasteiger partial charge in [-0.2, -0.15) is 4.98 Å². The third kappa shape index (κ3) is 3.88. The van der Waals surface area contributed by atoms with Gasteiger partial charge in [0.15, 0.2) is 0 Å². The van der Waals surface area contributed by atoms with Crippen LogP contribution in [0.4, 0.5) is 17.5 Å². The Hall–Kier alpha value is -2.05. The first-order chi connectivity index (χ1) is 11.5. The summed E-state index contributed by atoms with van der Waals surface area (Å²) in [6, 6.07) is 7.50. The molecule has 2 heterocycles. The molecule has 1 fully saturated rings. The first-order valence-electron chi connectivity index (χ1n) is 7.95. The van der Waals surface area contributed by atoms with Crippen molar-refractivity contribution in [3.8, 4) is 5.75 Å². The highest BCUT2D eigenvalue weighted by atomic mass is 35.5. The molecule has 2 aromatic rings. The zero-order valence-corrected chi connectivity index (χ0v) is 15.0. The number of ether oxygens (including phenoxy) is 1. The molecule has 0 bridgehead atoms. The van der Waals surface area contributed by atoms with Crippen molar-refractivity contribution in [3.63, 3.8) is 0 Å². The molecule has 1 aromatic carbocycles. The lowest BCUT2D eigenvalue weighted by Crippen LogP contribution is -2.45. The van der Waals surface area contributed by atoms with E-state index in [2.05, 4.69) is 32.1 Å². The average Bonchev–Trinajstić information content (AvgIpc) is 2.55. The molecule has 1 aliphatic rings. The van der Waals surface area contributed by atoms with Gasteiger partial charge in [0.2, 0.25) is 5.95 Å². The van der Waals surface area contributed by atoms with E-state index in [-0.39, 0.29) is 0 Å². The van der Waals surface area contributed by atoms with Crippen LogP contribution < -0.4 is 15.0 Å². The van der Waals surface area contributed by atoms with Gasteiger partial charge in [-0.15, -0.1) is 0 Å². The van der Waals surface area contributed by atoms with Gasteiger partial charge in [0.05, 0.1) is 12.1 Å². The Morgan fingerprint density at radius 2 is 1.88 bits per heavy atom. The van der Waals surface area contributed by atoms with Crippen molar-refractivity contribution in [2.75, 3.05) is 50.6 Å². The van der Waals surface area contributed by atoms with E-state index in [9.17, 15) is 0 Å². The molecule has 0 atom stereocenters. The number of halogens is 1. The molecule has 1 saturated heterocycles. The van der Waals surface area contributed by atoms with Crippen LogP contribution in [0.5, 0.6) is 5.75 Å². The largest absolute Gasteiger partial charge is 0.495 e. The highest BCUT2D eigenvalue weighted by Gasteiger charge is 2.17. The number of rotatable bonds is 4. The maximum atomic E-state index is 6.18. The standard InChI is InChI=1S/C17H22ClN5O/c1-12-10-16(20-13-4-5-15(24-3)14(18)11-13)21-17(19-12)23-8-6-22(2)7-9-23/h4-5,10-11H,6-9H2,1-3H3,(H,19,20,21). The number of hydrogen-bond donors (Lipinski definition) is 1. The number of anilines is 3. The Bertz CT molecular complexity index is 716. The van der Waals surface area contributed by atoms with E-state index in [4.69, 9.17) is 16.3 Å². The normalized spacial score (nSPS) is 15.4. The van der Waals surface area contributed by atoms with Gasteiger partial charge >= 0.3 is 0 Å². The number of aromatic nitrogens is 2. The quantitative estimate of drug-likeness (QED) is 0.917. The van der Waals surface area contributed by atoms with Crippen molar-refractivity contribution in [1.29, 1.82) is 0 Å². The summed E-state index contributed by atoms with van der Waals surface area (Å²) in [5.74, 6) is 2.18. The van der Waals surface area contributed by atoms with Crippen LogP contribution in [0.3, 0.4) is 0 Å². The maximum absolute atomic E-state index is 6.18. The fourth-order valence-corrected chi connectivity index (χ4v) is 2.91. The van der Waals surface area contributed by atoms with E-state index >= 15 is 0 Å². The lowest BCUT2D eigenvalue weighted by Gasteiger charge is -2.32. The highest BCUT2D eigenvalue weighted by Crippen LogP contribution is 2.29. The van der Waals surface area contributed by atoms with Gasteiger partial charge in [-0.3, -0.25) is 0 Å². The average molecular weight is 348 g/mol. The Labute approximate surface area is 147 Å². The second-order valence-corrected chi connectivity index (χ2v) is 6.37. The molecule has 24 heavy (non-hydrogen) atoms. The minimum atomic E-state index is 0.563. The van der Waals surface area contributed by atoms with E-state index in [1.165, 1.54) is 0 Å². The fraction of sp³-hybridized carbons (Fsp3) is 0.412. The third-order valence-electron chi connectivity index (χ3n) is 4.05. The molecule has 1 aromatic heterocycles. The van der Waals surface area contributed by atoms with Crippen LogP contribution in [0, 0.1) is 6.92 Å². The molecule has 1 N–H and O–H groups in total. The number of methoxy groups -OCH3 is 1. The molecule has 0 spiro atoms. The van der Waals surface area contributed by atoms with Gasteiger partial charge < -0.3 is 19.9 Å². The SMILES string of the molecule is COc1ccc(Nc2cc(C)nc(N3CCN(C)CC3)n2)cc1Cl. The summed E-state index contributed by atoms with van der Waals surface area (Å²) in [5, 5.41) is 3.86. The number of benzene rings is 1. The Morgan fingerprint density at radius 1 is 1.12 bits per heavy atom. The number of nitrogens with one attached hydrogen (secondary N) is 1. The van der Waals surface area contributed by atoms with Gasteiger partial charge in [-0.05, 0) is 32.2 Å². The predicted molar refractivity (Wildman–Crippen MR) is 97.8 cm³/mol. The van der Waals surface area contributed by atoms with E-state index in [0.717, 1.165) is 49.3 Å². The zero-order valence-electron chi connectivity index (χ0n) is 14.2. The Kier molecular flexibility index (Phi) is 5.06. The monoisotopic (exact) mass is 347 g/mol. The summed E-state index contributed by atoms with van der Waals surface area (Å²) in [7, 11) is 3.74. The molecule has 3 rings (SSSR count). The maximum Gasteiger partial charge on any atom is 0.227 e. The van der Waals surface area contributed by atoms with Crippen molar-refractivity contribution in [3.05, 3.63) is 35.0 Å². The molecule has 0 amide bonds.